The molecule has 1 saturated heterocycles. The largest absolute Gasteiger partial charge is 0.336 e. The number of rotatable bonds is 4. The van der Waals surface area contributed by atoms with Crippen molar-refractivity contribution in [3.8, 4) is 0 Å². The molecule has 0 saturated carbocycles. The molecule has 1 fully saturated rings. The van der Waals surface area contributed by atoms with Gasteiger partial charge in [0.1, 0.15) is 16.8 Å². The third kappa shape index (κ3) is 5.42. The van der Waals surface area contributed by atoms with Crippen LogP contribution in [0, 0.1) is 11.6 Å². The molecule has 3 aromatic rings. The number of anilines is 2. The summed E-state index contributed by atoms with van der Waals surface area (Å²) in [6.45, 7) is 5.46. The highest BCUT2D eigenvalue weighted by atomic mass is 35.5. The highest BCUT2D eigenvalue weighted by Crippen LogP contribution is 2.41. The van der Waals surface area contributed by atoms with Crippen LogP contribution in [0.1, 0.15) is 41.0 Å². The summed E-state index contributed by atoms with van der Waals surface area (Å²) in [4.78, 5) is 28.4. The molecule has 7 nitrogen and oxygen atoms in total. The number of piperazine rings is 1. The number of allylic oxidation sites excluding steroid dienone is 5. The SMILES string of the molecule is CC1CN(C(=O)c2ccc(Nc3ncc4c(n3)C3=CN=C(Cl)C=C(c5c(F)cccc5F)C3=CC4)cc2)CC(C)N1. The predicted octanol–water partition coefficient (Wildman–Crippen LogP) is 5.88. The second-order valence-corrected chi connectivity index (χ2v) is 10.8. The summed E-state index contributed by atoms with van der Waals surface area (Å²) >= 11 is 6.28. The van der Waals surface area contributed by atoms with E-state index < -0.39 is 11.6 Å². The molecule has 10 heteroatoms. The molecule has 3 heterocycles. The predicted molar refractivity (Wildman–Crippen MR) is 157 cm³/mol. The van der Waals surface area contributed by atoms with E-state index in [1.165, 1.54) is 24.3 Å². The van der Waals surface area contributed by atoms with Crippen LogP contribution in [0.5, 0.6) is 0 Å². The number of halogens is 3. The second-order valence-electron chi connectivity index (χ2n) is 10.4. The van der Waals surface area contributed by atoms with Gasteiger partial charge >= 0.3 is 0 Å². The minimum absolute atomic E-state index is 0.00392. The Morgan fingerprint density at radius 1 is 1.02 bits per heavy atom. The van der Waals surface area contributed by atoms with Crippen molar-refractivity contribution < 1.29 is 13.6 Å². The Morgan fingerprint density at radius 2 is 1.73 bits per heavy atom. The Balaban J connectivity index is 1.26. The van der Waals surface area contributed by atoms with Crippen LogP contribution in [0.2, 0.25) is 0 Å². The van der Waals surface area contributed by atoms with Gasteiger partial charge < -0.3 is 15.5 Å². The molecule has 1 amide bonds. The number of aliphatic imine (C=N–C) groups is 1. The lowest BCUT2D eigenvalue weighted by Crippen LogP contribution is -2.55. The number of hydrogen-bond acceptors (Lipinski definition) is 6. The molecule has 2 atom stereocenters. The van der Waals surface area contributed by atoms with Crippen molar-refractivity contribution in [2.45, 2.75) is 32.4 Å². The molecule has 2 aromatic carbocycles. The molecule has 2 aliphatic heterocycles. The van der Waals surface area contributed by atoms with E-state index in [1.54, 1.807) is 24.5 Å². The Hall–Kier alpha value is -4.21. The molecule has 0 bridgehead atoms. The fourth-order valence-corrected chi connectivity index (χ4v) is 5.67. The van der Waals surface area contributed by atoms with Crippen LogP contribution in [0.4, 0.5) is 20.4 Å². The number of amides is 1. The Labute approximate surface area is 241 Å². The van der Waals surface area contributed by atoms with Crippen molar-refractivity contribution in [1.82, 2.24) is 20.2 Å². The zero-order chi connectivity index (χ0) is 28.7. The van der Waals surface area contributed by atoms with E-state index in [2.05, 4.69) is 34.5 Å². The average Bonchev–Trinajstić information content (AvgIpc) is 3.11. The number of benzene rings is 2. The molecule has 41 heavy (non-hydrogen) atoms. The molecule has 1 aromatic heterocycles. The summed E-state index contributed by atoms with van der Waals surface area (Å²) in [7, 11) is 0. The maximum absolute atomic E-state index is 14.8. The zero-order valence-corrected chi connectivity index (χ0v) is 23.2. The van der Waals surface area contributed by atoms with Crippen LogP contribution >= 0.6 is 11.6 Å². The van der Waals surface area contributed by atoms with Crippen molar-refractivity contribution in [2.75, 3.05) is 18.4 Å². The summed E-state index contributed by atoms with van der Waals surface area (Å²) in [5, 5.41) is 6.73. The van der Waals surface area contributed by atoms with Gasteiger partial charge in [-0.1, -0.05) is 23.7 Å². The Morgan fingerprint density at radius 3 is 2.44 bits per heavy atom. The summed E-state index contributed by atoms with van der Waals surface area (Å²) in [6, 6.07) is 11.4. The van der Waals surface area contributed by atoms with Gasteiger partial charge in [0.25, 0.3) is 5.91 Å². The number of nitrogens with zero attached hydrogens (tertiary/aromatic N) is 4. The second kappa shape index (κ2) is 11.0. The Kier molecular flexibility index (Phi) is 7.23. The van der Waals surface area contributed by atoms with Gasteiger partial charge in [-0.3, -0.25) is 4.79 Å². The van der Waals surface area contributed by atoms with E-state index in [0.29, 0.717) is 59.1 Å². The number of nitrogens with one attached hydrogen (secondary N) is 2. The van der Waals surface area contributed by atoms with Gasteiger partial charge in [0, 0.05) is 60.0 Å². The van der Waals surface area contributed by atoms with Crippen LogP contribution in [0.3, 0.4) is 0 Å². The number of carbonyl (C=O) groups excluding carboxylic acids is 1. The van der Waals surface area contributed by atoms with E-state index in [0.717, 1.165) is 5.56 Å². The molecule has 6 rings (SSSR count). The van der Waals surface area contributed by atoms with Crippen LogP contribution in [0.25, 0.3) is 11.1 Å². The van der Waals surface area contributed by atoms with Gasteiger partial charge in [-0.25, -0.2) is 23.7 Å². The smallest absolute Gasteiger partial charge is 0.253 e. The first kappa shape index (κ1) is 27.0. The van der Waals surface area contributed by atoms with E-state index in [1.807, 2.05) is 23.1 Å². The van der Waals surface area contributed by atoms with Gasteiger partial charge in [0.05, 0.1) is 11.3 Å². The van der Waals surface area contributed by atoms with Gasteiger partial charge in [-0.05, 0) is 73.9 Å². The molecule has 2 N–H and O–H groups in total. The average molecular weight is 573 g/mol. The first-order chi connectivity index (χ1) is 19.8. The van der Waals surface area contributed by atoms with Crippen LogP contribution in [-0.4, -0.2) is 51.1 Å². The zero-order valence-electron chi connectivity index (χ0n) is 22.5. The molecule has 2 unspecified atom stereocenters. The van der Waals surface area contributed by atoms with Crippen molar-refractivity contribution in [3.05, 3.63) is 107 Å². The molecule has 3 aliphatic rings. The topological polar surface area (TPSA) is 82.5 Å². The lowest BCUT2D eigenvalue weighted by molar-refractivity contribution is 0.0674. The van der Waals surface area contributed by atoms with E-state index in [4.69, 9.17) is 16.6 Å². The van der Waals surface area contributed by atoms with Crippen LogP contribution < -0.4 is 10.6 Å². The maximum atomic E-state index is 14.8. The third-order valence-electron chi connectivity index (χ3n) is 7.27. The highest BCUT2D eigenvalue weighted by Gasteiger charge is 2.28. The molecule has 208 valence electrons. The number of aromatic nitrogens is 2. The standard InChI is InChI=1S/C31H27ClF2N6O/c1-17-15-40(16-18(2)37-17)30(41)19-6-9-21(10-7-19)38-31-36-13-20-8-11-22-23(28-25(33)4-3-5-26(28)34)12-27(32)35-14-24(22)29(20)39-31/h3-7,9-14,17-18,37H,8,15-16H2,1-2H3,(H,36,38,39). The normalized spacial score (nSPS) is 20.1. The molecule has 0 spiro atoms. The van der Waals surface area contributed by atoms with Crippen LogP contribution in [0.15, 0.2) is 77.6 Å². The highest BCUT2D eigenvalue weighted by molar-refractivity contribution is 6.69. The fourth-order valence-electron chi connectivity index (χ4n) is 5.51. The fraction of sp³-hybridized carbons (Fsp3) is 0.226. The molecular weight excluding hydrogens is 546 g/mol. The first-order valence-electron chi connectivity index (χ1n) is 13.4. The first-order valence-corrected chi connectivity index (χ1v) is 13.7. The molecule has 1 aliphatic carbocycles. The van der Waals surface area contributed by atoms with Gasteiger partial charge in [0.15, 0.2) is 0 Å². The summed E-state index contributed by atoms with van der Waals surface area (Å²) in [5.74, 6) is -1.06. The van der Waals surface area contributed by atoms with Crippen molar-refractivity contribution in [1.29, 1.82) is 0 Å². The third-order valence-corrected chi connectivity index (χ3v) is 7.48. The Bertz CT molecular complexity index is 1630. The van der Waals surface area contributed by atoms with E-state index in [-0.39, 0.29) is 28.7 Å². The number of fused-ring (bicyclic) bond motifs is 3. The minimum atomic E-state index is -0.693. The van der Waals surface area contributed by atoms with Gasteiger partial charge in [0.2, 0.25) is 5.95 Å². The monoisotopic (exact) mass is 572 g/mol. The van der Waals surface area contributed by atoms with Crippen molar-refractivity contribution >= 4 is 45.5 Å². The van der Waals surface area contributed by atoms with Crippen LogP contribution in [-0.2, 0) is 6.42 Å². The number of carbonyl (C=O) groups is 1. The molecule has 0 radical (unpaired) electrons. The van der Waals surface area contributed by atoms with Crippen molar-refractivity contribution in [3.63, 3.8) is 0 Å². The lowest BCUT2D eigenvalue weighted by Gasteiger charge is -2.36. The number of hydrogen-bond donors (Lipinski definition) is 2. The van der Waals surface area contributed by atoms with Gasteiger partial charge in [-0.2, -0.15) is 0 Å². The molecular formula is C31H27ClF2N6O. The lowest BCUT2D eigenvalue weighted by atomic mass is 9.84. The van der Waals surface area contributed by atoms with E-state index in [9.17, 15) is 13.6 Å². The quantitative estimate of drug-likeness (QED) is 0.408. The summed E-state index contributed by atoms with van der Waals surface area (Å²) in [6.07, 6.45) is 7.08. The minimum Gasteiger partial charge on any atom is -0.336 e. The summed E-state index contributed by atoms with van der Waals surface area (Å²) < 4.78 is 29.6. The maximum Gasteiger partial charge on any atom is 0.253 e. The van der Waals surface area contributed by atoms with E-state index >= 15 is 0 Å². The van der Waals surface area contributed by atoms with Gasteiger partial charge in [-0.15, -0.1) is 0 Å². The van der Waals surface area contributed by atoms with Crippen molar-refractivity contribution in [2.24, 2.45) is 4.99 Å². The summed E-state index contributed by atoms with van der Waals surface area (Å²) in [5.41, 5.74) is 4.04.